The summed E-state index contributed by atoms with van der Waals surface area (Å²) >= 11 is 3.34. The molecule has 7 heteroatoms. The van der Waals surface area contributed by atoms with E-state index in [9.17, 15) is 9.59 Å². The molecular weight excluding hydrogens is 366 g/mol. The molecule has 23 heavy (non-hydrogen) atoms. The van der Waals surface area contributed by atoms with Crippen molar-refractivity contribution in [1.29, 1.82) is 0 Å². The number of methoxy groups -OCH3 is 1. The van der Waals surface area contributed by atoms with E-state index in [0.717, 1.165) is 0 Å². The van der Waals surface area contributed by atoms with Gasteiger partial charge >= 0.3 is 5.97 Å². The van der Waals surface area contributed by atoms with Crippen molar-refractivity contribution >= 4 is 27.8 Å². The molecule has 1 aromatic carbocycles. The lowest BCUT2D eigenvalue weighted by atomic mass is 10.1. The van der Waals surface area contributed by atoms with Crippen LogP contribution in [0.4, 0.5) is 0 Å². The first-order valence-corrected chi connectivity index (χ1v) is 7.95. The van der Waals surface area contributed by atoms with Crippen molar-refractivity contribution in [3.8, 4) is 11.5 Å². The van der Waals surface area contributed by atoms with Gasteiger partial charge in [-0.05, 0) is 55.8 Å². The van der Waals surface area contributed by atoms with Gasteiger partial charge in [-0.2, -0.15) is 0 Å². The molecular formula is C16H22BrNO5. The Labute approximate surface area is 144 Å². The first kappa shape index (κ1) is 19.3. The summed E-state index contributed by atoms with van der Waals surface area (Å²) in [5.41, 5.74) is -0.116. The van der Waals surface area contributed by atoms with Gasteiger partial charge < -0.3 is 19.5 Å². The highest BCUT2D eigenvalue weighted by atomic mass is 79.9. The molecule has 1 rings (SSSR count). The summed E-state index contributed by atoms with van der Waals surface area (Å²) in [7, 11) is 1.48. The van der Waals surface area contributed by atoms with Crippen LogP contribution in [-0.2, 0) is 9.53 Å². The maximum Gasteiger partial charge on any atom is 0.338 e. The summed E-state index contributed by atoms with van der Waals surface area (Å²) in [5.74, 6) is -0.0525. The number of benzene rings is 1. The number of esters is 1. The van der Waals surface area contributed by atoms with Crippen LogP contribution in [0.15, 0.2) is 16.6 Å². The molecule has 0 atom stereocenters. The van der Waals surface area contributed by atoms with E-state index < -0.39 is 5.97 Å². The monoisotopic (exact) mass is 387 g/mol. The molecule has 0 bridgehead atoms. The molecule has 0 unspecified atom stereocenters. The highest BCUT2D eigenvalue weighted by molar-refractivity contribution is 9.10. The molecule has 128 valence electrons. The van der Waals surface area contributed by atoms with Gasteiger partial charge in [0.1, 0.15) is 0 Å². The van der Waals surface area contributed by atoms with Gasteiger partial charge in [-0.25, -0.2) is 4.79 Å². The van der Waals surface area contributed by atoms with Gasteiger partial charge in [0, 0.05) is 5.54 Å². The number of rotatable bonds is 6. The number of carbonyl (C=O) groups is 2. The standard InChI is InChI=1S/C16H22BrNO5/c1-6-22-14-11(17)7-10(8-12(14)21-5)15(20)23-9-13(19)18-16(2,3)4/h7-8H,6,9H2,1-5H3,(H,18,19). The zero-order valence-corrected chi connectivity index (χ0v) is 15.6. The smallest absolute Gasteiger partial charge is 0.338 e. The lowest BCUT2D eigenvalue weighted by molar-refractivity contribution is -0.125. The van der Waals surface area contributed by atoms with E-state index in [-0.39, 0.29) is 23.6 Å². The van der Waals surface area contributed by atoms with Gasteiger partial charge in [-0.1, -0.05) is 0 Å². The van der Waals surface area contributed by atoms with Gasteiger partial charge in [0.05, 0.1) is 23.8 Å². The first-order chi connectivity index (χ1) is 10.7. The Hall–Kier alpha value is -1.76. The molecule has 1 amide bonds. The van der Waals surface area contributed by atoms with Crippen molar-refractivity contribution in [2.45, 2.75) is 33.2 Å². The molecule has 0 aromatic heterocycles. The Morgan fingerprint density at radius 2 is 1.91 bits per heavy atom. The maximum absolute atomic E-state index is 12.1. The highest BCUT2D eigenvalue weighted by Gasteiger charge is 2.19. The van der Waals surface area contributed by atoms with Crippen LogP contribution in [0.5, 0.6) is 11.5 Å². The zero-order valence-electron chi connectivity index (χ0n) is 14.0. The zero-order chi connectivity index (χ0) is 17.6. The van der Waals surface area contributed by atoms with Gasteiger partial charge in [0.15, 0.2) is 18.1 Å². The average Bonchev–Trinajstić information content (AvgIpc) is 2.44. The van der Waals surface area contributed by atoms with E-state index in [1.54, 1.807) is 6.07 Å². The summed E-state index contributed by atoms with van der Waals surface area (Å²) in [4.78, 5) is 23.8. The van der Waals surface area contributed by atoms with Crippen molar-refractivity contribution in [1.82, 2.24) is 5.32 Å². The Morgan fingerprint density at radius 3 is 2.43 bits per heavy atom. The van der Waals surface area contributed by atoms with Crippen molar-refractivity contribution in [2.75, 3.05) is 20.3 Å². The summed E-state index contributed by atoms with van der Waals surface area (Å²) in [6, 6.07) is 3.08. The van der Waals surface area contributed by atoms with E-state index >= 15 is 0 Å². The summed E-state index contributed by atoms with van der Waals surface area (Å²) in [6.45, 7) is 7.51. The summed E-state index contributed by atoms with van der Waals surface area (Å²) < 4.78 is 16.3. The Bertz CT molecular complexity index is 581. The number of carbonyl (C=O) groups excluding carboxylic acids is 2. The van der Waals surface area contributed by atoms with Gasteiger partial charge in [0.25, 0.3) is 5.91 Å². The molecule has 0 spiro atoms. The second-order valence-corrected chi connectivity index (χ2v) is 6.65. The predicted octanol–water partition coefficient (Wildman–Crippen LogP) is 2.93. The average molecular weight is 388 g/mol. The van der Waals surface area contributed by atoms with Crippen LogP contribution < -0.4 is 14.8 Å². The largest absolute Gasteiger partial charge is 0.493 e. The van der Waals surface area contributed by atoms with Gasteiger partial charge in [0.2, 0.25) is 0 Å². The molecule has 1 aromatic rings. The quantitative estimate of drug-likeness (QED) is 0.759. The van der Waals surface area contributed by atoms with Crippen LogP contribution in [0.3, 0.4) is 0 Å². The van der Waals surface area contributed by atoms with Gasteiger partial charge in [-0.3, -0.25) is 4.79 Å². The van der Waals surface area contributed by atoms with Crippen molar-refractivity contribution in [2.24, 2.45) is 0 Å². The predicted molar refractivity (Wildman–Crippen MR) is 90.0 cm³/mol. The third-order valence-corrected chi connectivity index (χ3v) is 3.19. The third kappa shape index (κ3) is 6.09. The second-order valence-electron chi connectivity index (χ2n) is 5.80. The van der Waals surface area contributed by atoms with Crippen molar-refractivity contribution in [3.05, 3.63) is 22.2 Å². The lowest BCUT2D eigenvalue weighted by Gasteiger charge is -2.20. The number of halogens is 1. The fourth-order valence-corrected chi connectivity index (χ4v) is 2.35. The minimum atomic E-state index is -0.615. The molecule has 0 saturated heterocycles. The van der Waals surface area contributed by atoms with Crippen LogP contribution >= 0.6 is 15.9 Å². The molecule has 0 heterocycles. The molecule has 0 aliphatic heterocycles. The lowest BCUT2D eigenvalue weighted by Crippen LogP contribution is -2.42. The fraction of sp³-hybridized carbons (Fsp3) is 0.500. The molecule has 0 aliphatic rings. The number of nitrogens with one attached hydrogen (secondary N) is 1. The van der Waals surface area contributed by atoms with Gasteiger partial charge in [-0.15, -0.1) is 0 Å². The molecule has 0 fully saturated rings. The van der Waals surface area contributed by atoms with Crippen LogP contribution in [0.1, 0.15) is 38.1 Å². The molecule has 0 saturated carbocycles. The van der Waals surface area contributed by atoms with Crippen molar-refractivity contribution < 1.29 is 23.8 Å². The maximum atomic E-state index is 12.1. The van der Waals surface area contributed by atoms with E-state index in [4.69, 9.17) is 14.2 Å². The minimum absolute atomic E-state index is 0.265. The SMILES string of the molecule is CCOc1c(Br)cc(C(=O)OCC(=O)NC(C)(C)C)cc1OC. The van der Waals surface area contributed by atoms with E-state index in [1.165, 1.54) is 13.2 Å². The number of amides is 1. The van der Waals surface area contributed by atoms with Crippen molar-refractivity contribution in [3.63, 3.8) is 0 Å². The van der Waals surface area contributed by atoms with E-state index in [0.29, 0.717) is 22.6 Å². The number of hydrogen-bond donors (Lipinski definition) is 1. The molecule has 0 aliphatic carbocycles. The normalized spacial score (nSPS) is 10.9. The van der Waals surface area contributed by atoms with Crippen LogP contribution in [-0.4, -0.2) is 37.7 Å². The highest BCUT2D eigenvalue weighted by Crippen LogP contribution is 2.36. The Balaban J connectivity index is 2.81. The number of hydrogen-bond acceptors (Lipinski definition) is 5. The van der Waals surface area contributed by atoms with Crippen LogP contribution in [0.25, 0.3) is 0 Å². The van der Waals surface area contributed by atoms with E-state index in [2.05, 4.69) is 21.2 Å². The van der Waals surface area contributed by atoms with Crippen LogP contribution in [0.2, 0.25) is 0 Å². The topological polar surface area (TPSA) is 73.9 Å². The second kappa shape index (κ2) is 8.19. The fourth-order valence-electron chi connectivity index (χ4n) is 1.79. The minimum Gasteiger partial charge on any atom is -0.493 e. The Kier molecular flexibility index (Phi) is 6.87. The van der Waals surface area contributed by atoms with E-state index in [1.807, 2.05) is 27.7 Å². The summed E-state index contributed by atoms with van der Waals surface area (Å²) in [6.07, 6.45) is 0. The molecule has 1 N–H and O–H groups in total. The number of ether oxygens (including phenoxy) is 3. The molecule has 0 radical (unpaired) electrons. The van der Waals surface area contributed by atoms with Crippen LogP contribution in [0, 0.1) is 0 Å². The summed E-state index contributed by atoms with van der Waals surface area (Å²) in [5, 5.41) is 2.72. The Morgan fingerprint density at radius 1 is 1.26 bits per heavy atom. The third-order valence-electron chi connectivity index (χ3n) is 2.60. The molecule has 6 nitrogen and oxygen atoms in total. The first-order valence-electron chi connectivity index (χ1n) is 7.16.